The van der Waals surface area contributed by atoms with E-state index in [1.165, 1.54) is 44.4 Å². The lowest BCUT2D eigenvalue weighted by atomic mass is 9.79. The summed E-state index contributed by atoms with van der Waals surface area (Å²) in [4.78, 5) is 28.6. The van der Waals surface area contributed by atoms with Crippen LogP contribution in [0, 0.1) is 0 Å². The van der Waals surface area contributed by atoms with E-state index < -0.39 is 29.6 Å². The maximum atomic E-state index is 13.8. The Balaban J connectivity index is 1.82. The molecule has 0 aliphatic carbocycles. The Kier molecular flexibility index (Phi) is 7.02. The number of rotatable bonds is 6. The van der Waals surface area contributed by atoms with Crippen LogP contribution < -0.4 is 19.5 Å². The number of nitrogens with zero attached hydrogens (tertiary/aromatic N) is 1. The smallest absolute Gasteiger partial charge is 0.416 e. The van der Waals surface area contributed by atoms with Crippen LogP contribution in [0.4, 0.5) is 18.9 Å². The number of methoxy groups -OCH3 is 3. The lowest BCUT2D eigenvalue weighted by molar-refractivity contribution is -0.137. The minimum atomic E-state index is -4.50. The molecule has 2 amide bonds. The van der Waals surface area contributed by atoms with Gasteiger partial charge in [-0.25, -0.2) is 0 Å². The van der Waals surface area contributed by atoms with Crippen LogP contribution in [0.1, 0.15) is 39.0 Å². The number of benzene rings is 3. The standard InChI is InChI=1S/C27H25F3N2O5/c1-32-24(15-5-11-18(35-2)12-6-15)23(19-13-21(36-3)22(37-4)14-20(19)26(32)34)25(33)31-17-9-7-16(8-10-17)27(28,29)30/h5-14,23-24H,1-4H3,(H,31,33)/t23-,24+/m0/s1. The van der Waals surface area contributed by atoms with Crippen LogP contribution in [0.15, 0.2) is 60.7 Å². The van der Waals surface area contributed by atoms with Crippen molar-refractivity contribution < 1.29 is 37.0 Å². The first-order valence-electron chi connectivity index (χ1n) is 11.2. The average molecular weight is 515 g/mol. The number of carbonyl (C=O) groups excluding carboxylic acids is 2. The molecule has 0 unspecified atom stereocenters. The Morgan fingerprint density at radius 2 is 1.49 bits per heavy atom. The summed E-state index contributed by atoms with van der Waals surface area (Å²) in [6.07, 6.45) is -4.50. The zero-order chi connectivity index (χ0) is 26.9. The molecule has 0 radical (unpaired) electrons. The molecular formula is C27H25F3N2O5. The number of nitrogens with one attached hydrogen (secondary N) is 1. The van der Waals surface area contributed by atoms with Crippen LogP contribution >= 0.6 is 0 Å². The van der Waals surface area contributed by atoms with Gasteiger partial charge in [-0.05, 0) is 59.7 Å². The Hall–Kier alpha value is -4.21. The first-order chi connectivity index (χ1) is 17.6. The molecule has 37 heavy (non-hydrogen) atoms. The highest BCUT2D eigenvalue weighted by Gasteiger charge is 2.43. The second-order valence-electron chi connectivity index (χ2n) is 8.47. The molecule has 0 bridgehead atoms. The van der Waals surface area contributed by atoms with E-state index in [1.54, 1.807) is 37.4 Å². The molecule has 1 N–H and O–H groups in total. The molecule has 1 heterocycles. The van der Waals surface area contributed by atoms with Gasteiger partial charge in [0.05, 0.1) is 38.9 Å². The maximum absolute atomic E-state index is 13.8. The number of carbonyl (C=O) groups is 2. The maximum Gasteiger partial charge on any atom is 0.416 e. The van der Waals surface area contributed by atoms with Crippen molar-refractivity contribution in [1.29, 1.82) is 0 Å². The normalized spacial score (nSPS) is 17.2. The number of amides is 2. The van der Waals surface area contributed by atoms with Gasteiger partial charge in [0.1, 0.15) is 5.75 Å². The predicted molar refractivity (Wildman–Crippen MR) is 130 cm³/mol. The Morgan fingerprint density at radius 1 is 0.892 bits per heavy atom. The van der Waals surface area contributed by atoms with Crippen molar-refractivity contribution >= 4 is 17.5 Å². The van der Waals surface area contributed by atoms with E-state index in [2.05, 4.69) is 5.32 Å². The van der Waals surface area contributed by atoms with Crippen LogP contribution in [0.5, 0.6) is 17.2 Å². The highest BCUT2D eigenvalue weighted by molar-refractivity contribution is 6.05. The molecule has 0 fully saturated rings. The number of anilines is 1. The van der Waals surface area contributed by atoms with Gasteiger partial charge in [0, 0.05) is 18.3 Å². The van der Waals surface area contributed by atoms with Crippen LogP contribution in [-0.4, -0.2) is 45.1 Å². The molecule has 1 aliphatic heterocycles. The van der Waals surface area contributed by atoms with Crippen LogP contribution in [0.25, 0.3) is 0 Å². The second kappa shape index (κ2) is 10.0. The van der Waals surface area contributed by atoms with E-state index >= 15 is 0 Å². The highest BCUT2D eigenvalue weighted by atomic mass is 19.4. The van der Waals surface area contributed by atoms with Gasteiger partial charge in [0.2, 0.25) is 5.91 Å². The van der Waals surface area contributed by atoms with E-state index in [1.807, 2.05) is 0 Å². The minimum absolute atomic E-state index is 0.188. The van der Waals surface area contributed by atoms with Gasteiger partial charge in [0.15, 0.2) is 11.5 Å². The van der Waals surface area contributed by atoms with Gasteiger partial charge in [-0.3, -0.25) is 9.59 Å². The number of ether oxygens (including phenoxy) is 3. The van der Waals surface area contributed by atoms with Crippen LogP contribution in [0.2, 0.25) is 0 Å². The molecule has 4 rings (SSSR count). The number of likely N-dealkylation sites (N-methyl/N-ethyl adjacent to an activating group) is 1. The zero-order valence-corrected chi connectivity index (χ0v) is 20.6. The van der Waals surface area contributed by atoms with Crippen molar-refractivity contribution in [2.75, 3.05) is 33.7 Å². The van der Waals surface area contributed by atoms with Gasteiger partial charge in [-0.15, -0.1) is 0 Å². The summed E-state index contributed by atoms with van der Waals surface area (Å²) in [7, 11) is 6.01. The number of hydrogen-bond donors (Lipinski definition) is 1. The Bertz CT molecular complexity index is 1310. The van der Waals surface area contributed by atoms with Gasteiger partial charge < -0.3 is 24.4 Å². The third kappa shape index (κ3) is 4.91. The Labute approximate surface area is 211 Å². The summed E-state index contributed by atoms with van der Waals surface area (Å²) in [6, 6.07) is 13.5. The minimum Gasteiger partial charge on any atom is -0.497 e. The monoisotopic (exact) mass is 514 g/mol. The van der Waals surface area contributed by atoms with E-state index in [0.29, 0.717) is 28.4 Å². The molecule has 0 saturated carbocycles. The topological polar surface area (TPSA) is 77.1 Å². The molecule has 7 nitrogen and oxygen atoms in total. The van der Waals surface area contributed by atoms with E-state index in [4.69, 9.17) is 14.2 Å². The summed E-state index contributed by atoms with van der Waals surface area (Å²) < 4.78 is 55.0. The Morgan fingerprint density at radius 3 is 2.03 bits per heavy atom. The van der Waals surface area contributed by atoms with Gasteiger partial charge in [-0.1, -0.05) is 12.1 Å². The van der Waals surface area contributed by atoms with Crippen molar-refractivity contribution in [3.63, 3.8) is 0 Å². The zero-order valence-electron chi connectivity index (χ0n) is 20.6. The number of hydrogen-bond acceptors (Lipinski definition) is 5. The number of fused-ring (bicyclic) bond motifs is 1. The van der Waals surface area contributed by atoms with Gasteiger partial charge >= 0.3 is 6.18 Å². The number of alkyl halides is 3. The summed E-state index contributed by atoms with van der Waals surface area (Å²) in [5.74, 6) is -0.491. The lowest BCUT2D eigenvalue weighted by Crippen LogP contribution is -2.44. The van der Waals surface area contributed by atoms with Crippen molar-refractivity contribution in [2.24, 2.45) is 0 Å². The third-order valence-corrected chi connectivity index (χ3v) is 6.39. The van der Waals surface area contributed by atoms with Crippen molar-refractivity contribution in [3.8, 4) is 17.2 Å². The molecule has 0 saturated heterocycles. The summed E-state index contributed by atoms with van der Waals surface area (Å²) in [5.41, 5.74) is 0.702. The summed E-state index contributed by atoms with van der Waals surface area (Å²) in [5, 5.41) is 2.71. The molecular weight excluding hydrogens is 489 g/mol. The van der Waals surface area contributed by atoms with Crippen molar-refractivity contribution in [2.45, 2.75) is 18.1 Å². The fourth-order valence-corrected chi connectivity index (χ4v) is 4.51. The van der Waals surface area contributed by atoms with E-state index in [0.717, 1.165) is 12.1 Å². The molecule has 0 spiro atoms. The number of halogens is 3. The largest absolute Gasteiger partial charge is 0.497 e. The molecule has 3 aromatic carbocycles. The van der Waals surface area contributed by atoms with E-state index in [-0.39, 0.29) is 17.2 Å². The first-order valence-corrected chi connectivity index (χ1v) is 11.2. The SMILES string of the molecule is COc1ccc([C@@H]2[C@@H](C(=O)Nc3ccc(C(F)(F)F)cc3)c3cc(OC)c(OC)cc3C(=O)N2C)cc1. The van der Waals surface area contributed by atoms with Gasteiger partial charge in [0.25, 0.3) is 5.91 Å². The first kappa shape index (κ1) is 25.9. The predicted octanol–water partition coefficient (Wildman–Crippen LogP) is 5.28. The van der Waals surface area contributed by atoms with Crippen LogP contribution in [-0.2, 0) is 11.0 Å². The van der Waals surface area contributed by atoms with E-state index in [9.17, 15) is 22.8 Å². The lowest BCUT2D eigenvalue weighted by Gasteiger charge is -2.40. The molecule has 10 heteroatoms. The quantitative estimate of drug-likeness (QED) is 0.485. The average Bonchev–Trinajstić information content (AvgIpc) is 2.89. The fourth-order valence-electron chi connectivity index (χ4n) is 4.51. The summed E-state index contributed by atoms with van der Waals surface area (Å²) in [6.45, 7) is 0. The van der Waals surface area contributed by atoms with Crippen molar-refractivity contribution in [1.82, 2.24) is 4.90 Å². The van der Waals surface area contributed by atoms with Crippen LogP contribution in [0.3, 0.4) is 0 Å². The molecule has 0 aromatic heterocycles. The van der Waals surface area contributed by atoms with Gasteiger partial charge in [-0.2, -0.15) is 13.2 Å². The summed E-state index contributed by atoms with van der Waals surface area (Å²) >= 11 is 0. The van der Waals surface area contributed by atoms with Crippen molar-refractivity contribution in [3.05, 3.63) is 82.9 Å². The molecule has 194 valence electrons. The molecule has 3 aromatic rings. The highest BCUT2D eigenvalue weighted by Crippen LogP contribution is 2.46. The second-order valence-corrected chi connectivity index (χ2v) is 8.47. The molecule has 2 atom stereocenters. The fraction of sp³-hybridized carbons (Fsp3) is 0.259. The third-order valence-electron chi connectivity index (χ3n) is 6.39. The molecule has 1 aliphatic rings.